The molecule has 2 N–H and O–H groups in total. The van der Waals surface area contributed by atoms with Crippen LogP contribution in [0.25, 0.3) is 5.52 Å². The molecule has 2 atom stereocenters. The van der Waals surface area contributed by atoms with E-state index in [-0.39, 0.29) is 6.10 Å². The van der Waals surface area contributed by atoms with Crippen LogP contribution in [0.1, 0.15) is 30.9 Å². The van der Waals surface area contributed by atoms with Crippen molar-refractivity contribution in [2.45, 2.75) is 31.3 Å². The SMILES string of the molecule is c1cncc(O[C@H]2CC[C@@H](c3cc(Nc4nccn5nccc45)n[nH]3)C2)c1. The molecule has 0 aliphatic heterocycles. The van der Waals surface area contributed by atoms with Gasteiger partial charge in [-0.3, -0.25) is 10.1 Å². The number of ether oxygens (including phenoxy) is 1. The number of aromatic nitrogens is 6. The number of nitrogens with one attached hydrogen (secondary N) is 2. The van der Waals surface area contributed by atoms with Crippen molar-refractivity contribution >= 4 is 17.2 Å². The third kappa shape index (κ3) is 3.21. The molecular formula is C19H19N7O. The summed E-state index contributed by atoms with van der Waals surface area (Å²) in [7, 11) is 0. The average Bonchev–Trinajstić information content (AvgIpc) is 3.43. The minimum absolute atomic E-state index is 0.209. The number of H-pyrrole nitrogens is 1. The van der Waals surface area contributed by atoms with Gasteiger partial charge in [0.15, 0.2) is 11.6 Å². The van der Waals surface area contributed by atoms with Crippen molar-refractivity contribution in [3.05, 3.63) is 60.9 Å². The van der Waals surface area contributed by atoms with Crippen molar-refractivity contribution in [3.8, 4) is 5.75 Å². The number of nitrogens with zero attached hydrogens (tertiary/aromatic N) is 5. The van der Waals surface area contributed by atoms with Gasteiger partial charge in [0.1, 0.15) is 11.3 Å². The van der Waals surface area contributed by atoms with Crippen LogP contribution >= 0.6 is 0 Å². The van der Waals surface area contributed by atoms with E-state index in [4.69, 9.17) is 4.74 Å². The highest BCUT2D eigenvalue weighted by Crippen LogP contribution is 2.36. The highest BCUT2D eigenvalue weighted by Gasteiger charge is 2.28. The Kier molecular flexibility index (Phi) is 3.93. The molecule has 1 saturated carbocycles. The van der Waals surface area contributed by atoms with E-state index in [1.54, 1.807) is 29.3 Å². The molecule has 5 rings (SSSR count). The van der Waals surface area contributed by atoms with E-state index >= 15 is 0 Å². The second-order valence-electron chi connectivity index (χ2n) is 6.71. The Morgan fingerprint density at radius 3 is 3.11 bits per heavy atom. The second kappa shape index (κ2) is 6.71. The van der Waals surface area contributed by atoms with Gasteiger partial charge >= 0.3 is 0 Å². The lowest BCUT2D eigenvalue weighted by Crippen LogP contribution is -2.12. The fourth-order valence-corrected chi connectivity index (χ4v) is 3.62. The van der Waals surface area contributed by atoms with Gasteiger partial charge in [-0.2, -0.15) is 10.2 Å². The molecule has 1 aliphatic carbocycles. The first kappa shape index (κ1) is 15.8. The summed E-state index contributed by atoms with van der Waals surface area (Å²) < 4.78 is 7.81. The lowest BCUT2D eigenvalue weighted by Gasteiger charge is -2.13. The number of anilines is 2. The Labute approximate surface area is 155 Å². The Morgan fingerprint density at radius 1 is 1.19 bits per heavy atom. The number of aromatic amines is 1. The number of fused-ring (bicyclic) bond motifs is 1. The van der Waals surface area contributed by atoms with Crippen molar-refractivity contribution in [1.82, 2.24) is 29.8 Å². The molecule has 0 amide bonds. The standard InChI is InChI=1S/C19H19N7O/c1-2-15(12-20-6-1)27-14-4-3-13(10-14)16-11-18(25-24-16)23-19-17-5-7-22-26(17)9-8-21-19/h1-2,5-9,11-14H,3-4,10H2,(H2,21,23,24,25)/t13-,14+/m1/s1. The average molecular weight is 361 g/mol. The van der Waals surface area contributed by atoms with Crippen molar-refractivity contribution in [3.63, 3.8) is 0 Å². The van der Waals surface area contributed by atoms with E-state index in [2.05, 4.69) is 36.6 Å². The van der Waals surface area contributed by atoms with Crippen molar-refractivity contribution < 1.29 is 4.74 Å². The third-order valence-electron chi connectivity index (χ3n) is 4.93. The Morgan fingerprint density at radius 2 is 2.19 bits per heavy atom. The minimum atomic E-state index is 0.209. The van der Waals surface area contributed by atoms with Gasteiger partial charge in [0.2, 0.25) is 0 Å². The first-order valence-corrected chi connectivity index (χ1v) is 9.02. The van der Waals surface area contributed by atoms with E-state index in [9.17, 15) is 0 Å². The first-order chi connectivity index (χ1) is 13.3. The van der Waals surface area contributed by atoms with Gasteiger partial charge in [0, 0.05) is 36.3 Å². The maximum atomic E-state index is 6.04. The number of hydrogen-bond acceptors (Lipinski definition) is 6. The number of hydrogen-bond donors (Lipinski definition) is 2. The lowest BCUT2D eigenvalue weighted by atomic mass is 10.0. The molecule has 0 aromatic carbocycles. The quantitative estimate of drug-likeness (QED) is 0.566. The highest BCUT2D eigenvalue weighted by molar-refractivity contribution is 5.71. The molecule has 0 radical (unpaired) electrons. The van der Waals surface area contributed by atoms with Gasteiger partial charge in [-0.25, -0.2) is 9.50 Å². The maximum absolute atomic E-state index is 6.04. The summed E-state index contributed by atoms with van der Waals surface area (Å²) in [5, 5.41) is 15.1. The first-order valence-electron chi connectivity index (χ1n) is 9.02. The molecule has 0 bridgehead atoms. The molecule has 8 nitrogen and oxygen atoms in total. The van der Waals surface area contributed by atoms with E-state index in [1.165, 1.54) is 0 Å². The topological polar surface area (TPSA) is 93.0 Å². The molecule has 1 fully saturated rings. The van der Waals surface area contributed by atoms with Gasteiger partial charge in [0.05, 0.1) is 18.5 Å². The second-order valence-corrected chi connectivity index (χ2v) is 6.71. The molecule has 4 aromatic rings. The summed E-state index contributed by atoms with van der Waals surface area (Å²) in [6.07, 6.45) is 12.1. The molecule has 8 heteroatoms. The Balaban J connectivity index is 1.26. The van der Waals surface area contributed by atoms with Crippen molar-refractivity contribution in [1.29, 1.82) is 0 Å². The van der Waals surface area contributed by atoms with Crippen LogP contribution < -0.4 is 10.1 Å². The van der Waals surface area contributed by atoms with E-state index in [0.29, 0.717) is 5.92 Å². The molecule has 0 saturated heterocycles. The molecule has 0 unspecified atom stereocenters. The molecule has 1 aliphatic rings. The van der Waals surface area contributed by atoms with Crippen LogP contribution in [0.15, 0.2) is 55.2 Å². The zero-order valence-electron chi connectivity index (χ0n) is 14.6. The van der Waals surface area contributed by atoms with Gasteiger partial charge < -0.3 is 10.1 Å². The van der Waals surface area contributed by atoms with E-state index in [1.807, 2.05) is 24.4 Å². The van der Waals surface area contributed by atoms with Crippen molar-refractivity contribution in [2.75, 3.05) is 5.32 Å². The zero-order valence-corrected chi connectivity index (χ0v) is 14.6. The summed E-state index contributed by atoms with van der Waals surface area (Å²) in [6.45, 7) is 0. The maximum Gasteiger partial charge on any atom is 0.157 e. The fourth-order valence-electron chi connectivity index (χ4n) is 3.62. The van der Waals surface area contributed by atoms with Crippen LogP contribution in [0.2, 0.25) is 0 Å². The summed E-state index contributed by atoms with van der Waals surface area (Å²) in [5.74, 6) is 2.73. The summed E-state index contributed by atoms with van der Waals surface area (Å²) in [4.78, 5) is 8.49. The van der Waals surface area contributed by atoms with Crippen LogP contribution in [0, 0.1) is 0 Å². The summed E-state index contributed by atoms with van der Waals surface area (Å²) in [6, 6.07) is 7.81. The lowest BCUT2D eigenvalue weighted by molar-refractivity contribution is 0.207. The van der Waals surface area contributed by atoms with Crippen LogP contribution in [0.4, 0.5) is 11.6 Å². The molecule has 4 heterocycles. The van der Waals surface area contributed by atoms with Gasteiger partial charge in [-0.1, -0.05) is 0 Å². The fraction of sp³-hybridized carbons (Fsp3) is 0.263. The summed E-state index contributed by atoms with van der Waals surface area (Å²) >= 11 is 0. The van der Waals surface area contributed by atoms with Crippen LogP contribution in [-0.2, 0) is 0 Å². The van der Waals surface area contributed by atoms with Crippen molar-refractivity contribution in [2.24, 2.45) is 0 Å². The predicted octanol–water partition coefficient (Wildman–Crippen LogP) is 3.31. The van der Waals surface area contributed by atoms with Gasteiger partial charge in [-0.05, 0) is 37.5 Å². The molecule has 27 heavy (non-hydrogen) atoms. The Bertz CT molecular complexity index is 1040. The smallest absolute Gasteiger partial charge is 0.157 e. The molecule has 4 aromatic heterocycles. The monoisotopic (exact) mass is 361 g/mol. The number of pyridine rings is 1. The Hall–Kier alpha value is -3.42. The molecule has 136 valence electrons. The van der Waals surface area contributed by atoms with Crippen LogP contribution in [0.3, 0.4) is 0 Å². The predicted molar refractivity (Wildman–Crippen MR) is 100 cm³/mol. The summed E-state index contributed by atoms with van der Waals surface area (Å²) in [5.41, 5.74) is 2.03. The normalized spacial score (nSPS) is 19.4. The molecular weight excluding hydrogens is 342 g/mol. The van der Waals surface area contributed by atoms with Crippen LogP contribution in [-0.4, -0.2) is 35.9 Å². The van der Waals surface area contributed by atoms with Gasteiger partial charge in [0.25, 0.3) is 0 Å². The largest absolute Gasteiger partial charge is 0.489 e. The molecule has 0 spiro atoms. The zero-order chi connectivity index (χ0) is 18.1. The van der Waals surface area contributed by atoms with Crippen LogP contribution in [0.5, 0.6) is 5.75 Å². The number of rotatable bonds is 5. The van der Waals surface area contributed by atoms with E-state index in [0.717, 1.165) is 47.9 Å². The third-order valence-corrected chi connectivity index (χ3v) is 4.93. The van der Waals surface area contributed by atoms with Gasteiger partial charge in [-0.15, -0.1) is 0 Å². The minimum Gasteiger partial charge on any atom is -0.489 e. The highest BCUT2D eigenvalue weighted by atomic mass is 16.5. The van der Waals surface area contributed by atoms with E-state index < -0.39 is 0 Å².